The van der Waals surface area contributed by atoms with Crippen LogP contribution in [-0.4, -0.2) is 24.0 Å². The van der Waals surface area contributed by atoms with Gasteiger partial charge in [0.2, 0.25) is 5.91 Å². The maximum Gasteiger partial charge on any atom is 0.232 e. The molecule has 0 radical (unpaired) electrons. The van der Waals surface area contributed by atoms with Gasteiger partial charge < -0.3 is 10.6 Å². The predicted octanol–water partition coefficient (Wildman–Crippen LogP) is 2.37. The van der Waals surface area contributed by atoms with Gasteiger partial charge in [0.25, 0.3) is 0 Å². The summed E-state index contributed by atoms with van der Waals surface area (Å²) in [4.78, 5) is 16.4. The Labute approximate surface area is 112 Å². The van der Waals surface area contributed by atoms with Crippen LogP contribution >= 0.6 is 11.6 Å². The van der Waals surface area contributed by atoms with Gasteiger partial charge in [-0.3, -0.25) is 4.79 Å². The van der Waals surface area contributed by atoms with Gasteiger partial charge in [0.05, 0.1) is 11.1 Å². The van der Waals surface area contributed by atoms with Gasteiger partial charge in [0, 0.05) is 12.7 Å². The van der Waals surface area contributed by atoms with Crippen molar-refractivity contribution in [2.75, 3.05) is 18.4 Å². The van der Waals surface area contributed by atoms with Crippen LogP contribution < -0.4 is 10.6 Å². The van der Waals surface area contributed by atoms with Crippen molar-refractivity contribution in [3.8, 4) is 0 Å². The minimum absolute atomic E-state index is 0.0352. The average Bonchev–Trinajstić information content (AvgIpc) is 2.84. The van der Waals surface area contributed by atoms with Crippen LogP contribution in [0.1, 0.15) is 25.3 Å². The van der Waals surface area contributed by atoms with Crippen LogP contribution in [0.5, 0.6) is 0 Å². The lowest BCUT2D eigenvalue weighted by Gasteiger charge is -2.25. The number of hydrogen-bond donors (Lipinski definition) is 2. The van der Waals surface area contributed by atoms with Gasteiger partial charge in [0.15, 0.2) is 5.15 Å². The molecule has 1 amide bonds. The summed E-state index contributed by atoms with van der Waals surface area (Å²) >= 11 is 6.03. The molecule has 0 aromatic carbocycles. The molecule has 0 bridgehead atoms. The maximum absolute atomic E-state index is 12.4. The van der Waals surface area contributed by atoms with Gasteiger partial charge in [0.1, 0.15) is 0 Å². The SMILES string of the molecule is CCC1(C(=O)Nc2c(C)ccnc2Cl)CCNC1. The minimum atomic E-state index is -0.314. The lowest BCUT2D eigenvalue weighted by molar-refractivity contribution is -0.124. The first-order chi connectivity index (χ1) is 8.59. The number of carbonyl (C=O) groups is 1. The highest BCUT2D eigenvalue weighted by atomic mass is 35.5. The third-order valence-electron chi connectivity index (χ3n) is 3.75. The fourth-order valence-corrected chi connectivity index (χ4v) is 2.57. The fourth-order valence-electron chi connectivity index (χ4n) is 2.32. The zero-order valence-corrected chi connectivity index (χ0v) is 11.5. The van der Waals surface area contributed by atoms with Gasteiger partial charge in [-0.1, -0.05) is 18.5 Å². The molecule has 2 N–H and O–H groups in total. The van der Waals surface area contributed by atoms with E-state index in [9.17, 15) is 4.79 Å². The molecule has 1 aromatic heterocycles. The Morgan fingerprint density at radius 2 is 2.44 bits per heavy atom. The molecule has 1 unspecified atom stereocenters. The molecule has 0 aliphatic carbocycles. The van der Waals surface area contributed by atoms with Crippen molar-refractivity contribution in [2.24, 2.45) is 5.41 Å². The molecule has 4 nitrogen and oxygen atoms in total. The number of aryl methyl sites for hydroxylation is 1. The van der Waals surface area contributed by atoms with Crippen LogP contribution in [0.25, 0.3) is 0 Å². The summed E-state index contributed by atoms with van der Waals surface area (Å²) in [5, 5.41) is 6.54. The number of amides is 1. The van der Waals surface area contributed by atoms with Crippen LogP contribution in [0.2, 0.25) is 5.15 Å². The fraction of sp³-hybridized carbons (Fsp3) is 0.538. The van der Waals surface area contributed by atoms with Crippen LogP contribution in [0.3, 0.4) is 0 Å². The Hall–Kier alpha value is -1.13. The topological polar surface area (TPSA) is 54.0 Å². The van der Waals surface area contributed by atoms with E-state index in [0.717, 1.165) is 31.5 Å². The highest BCUT2D eigenvalue weighted by Gasteiger charge is 2.39. The summed E-state index contributed by atoms with van der Waals surface area (Å²) in [5.41, 5.74) is 1.25. The molecule has 1 aromatic rings. The zero-order chi connectivity index (χ0) is 13.2. The highest BCUT2D eigenvalue weighted by molar-refractivity contribution is 6.32. The third kappa shape index (κ3) is 2.35. The molecule has 5 heteroatoms. The molecule has 18 heavy (non-hydrogen) atoms. The molecule has 0 saturated carbocycles. The first kappa shape index (κ1) is 13.3. The van der Waals surface area contributed by atoms with Gasteiger partial charge >= 0.3 is 0 Å². The number of rotatable bonds is 3. The Morgan fingerprint density at radius 3 is 3.00 bits per heavy atom. The summed E-state index contributed by atoms with van der Waals surface area (Å²) in [5.74, 6) is 0.0352. The zero-order valence-electron chi connectivity index (χ0n) is 10.7. The molecule has 1 fully saturated rings. The van der Waals surface area contributed by atoms with Crippen molar-refractivity contribution < 1.29 is 4.79 Å². The number of pyridine rings is 1. The number of halogens is 1. The Bertz CT molecular complexity index is 435. The molecule has 2 heterocycles. The largest absolute Gasteiger partial charge is 0.323 e. The number of nitrogens with zero attached hydrogens (tertiary/aromatic N) is 1. The second-order valence-corrected chi connectivity index (χ2v) is 5.17. The number of carbonyl (C=O) groups excluding carboxylic acids is 1. The van der Waals surface area contributed by atoms with E-state index in [4.69, 9.17) is 11.6 Å². The Balaban J connectivity index is 2.21. The van der Waals surface area contributed by atoms with E-state index < -0.39 is 0 Å². The first-order valence-electron chi connectivity index (χ1n) is 6.22. The monoisotopic (exact) mass is 267 g/mol. The Kier molecular flexibility index (Phi) is 3.88. The predicted molar refractivity (Wildman–Crippen MR) is 72.8 cm³/mol. The second-order valence-electron chi connectivity index (χ2n) is 4.81. The summed E-state index contributed by atoms with van der Waals surface area (Å²) in [7, 11) is 0. The second kappa shape index (κ2) is 5.24. The molecule has 2 rings (SSSR count). The van der Waals surface area contributed by atoms with Crippen molar-refractivity contribution in [1.82, 2.24) is 10.3 Å². The number of aromatic nitrogens is 1. The Morgan fingerprint density at radius 1 is 1.67 bits per heavy atom. The van der Waals surface area contributed by atoms with E-state index in [0.29, 0.717) is 10.8 Å². The standard InChI is InChI=1S/C13H18ClN3O/c1-3-13(5-7-15-8-13)12(18)17-10-9(2)4-6-16-11(10)14/h4,6,15H,3,5,7-8H2,1-2H3,(H,17,18). The number of nitrogens with one attached hydrogen (secondary N) is 2. The summed E-state index contributed by atoms with van der Waals surface area (Å²) in [6, 6.07) is 1.84. The lowest BCUT2D eigenvalue weighted by atomic mass is 9.83. The average molecular weight is 268 g/mol. The van der Waals surface area contributed by atoms with E-state index in [1.807, 2.05) is 19.9 Å². The third-order valence-corrected chi connectivity index (χ3v) is 4.04. The quantitative estimate of drug-likeness (QED) is 0.827. The van der Waals surface area contributed by atoms with E-state index in [-0.39, 0.29) is 11.3 Å². The van der Waals surface area contributed by atoms with Gasteiger partial charge in [-0.05, 0) is 37.9 Å². The number of anilines is 1. The molecule has 1 aliphatic rings. The van der Waals surface area contributed by atoms with E-state index in [1.54, 1.807) is 6.20 Å². The molecule has 1 atom stereocenters. The smallest absolute Gasteiger partial charge is 0.232 e. The van der Waals surface area contributed by atoms with Crippen LogP contribution in [0.15, 0.2) is 12.3 Å². The van der Waals surface area contributed by atoms with Gasteiger partial charge in [-0.25, -0.2) is 4.98 Å². The van der Waals surface area contributed by atoms with Gasteiger partial charge in [-0.15, -0.1) is 0 Å². The summed E-state index contributed by atoms with van der Waals surface area (Å²) < 4.78 is 0. The van der Waals surface area contributed by atoms with Crippen LogP contribution in [0, 0.1) is 12.3 Å². The van der Waals surface area contributed by atoms with Gasteiger partial charge in [-0.2, -0.15) is 0 Å². The van der Waals surface area contributed by atoms with Crippen molar-refractivity contribution in [3.05, 3.63) is 23.0 Å². The molecular weight excluding hydrogens is 250 g/mol. The molecule has 1 saturated heterocycles. The minimum Gasteiger partial charge on any atom is -0.323 e. The van der Waals surface area contributed by atoms with E-state index >= 15 is 0 Å². The van der Waals surface area contributed by atoms with Crippen molar-refractivity contribution in [2.45, 2.75) is 26.7 Å². The van der Waals surface area contributed by atoms with E-state index in [2.05, 4.69) is 15.6 Å². The first-order valence-corrected chi connectivity index (χ1v) is 6.60. The molecule has 1 aliphatic heterocycles. The summed E-state index contributed by atoms with van der Waals surface area (Å²) in [6.45, 7) is 5.58. The maximum atomic E-state index is 12.4. The van der Waals surface area contributed by atoms with Crippen molar-refractivity contribution in [3.63, 3.8) is 0 Å². The van der Waals surface area contributed by atoms with E-state index in [1.165, 1.54) is 0 Å². The van der Waals surface area contributed by atoms with Crippen molar-refractivity contribution in [1.29, 1.82) is 0 Å². The lowest BCUT2D eigenvalue weighted by Crippen LogP contribution is -2.37. The molecular formula is C13H18ClN3O. The molecule has 98 valence electrons. The number of hydrogen-bond acceptors (Lipinski definition) is 3. The van der Waals surface area contributed by atoms with Crippen LogP contribution in [-0.2, 0) is 4.79 Å². The van der Waals surface area contributed by atoms with Crippen LogP contribution in [0.4, 0.5) is 5.69 Å². The molecule has 0 spiro atoms. The van der Waals surface area contributed by atoms with Crippen molar-refractivity contribution >= 4 is 23.2 Å². The summed E-state index contributed by atoms with van der Waals surface area (Å²) in [6.07, 6.45) is 3.33. The highest BCUT2D eigenvalue weighted by Crippen LogP contribution is 2.32. The normalized spacial score (nSPS) is 23.1.